The molecule has 1 aliphatic heterocycles. The number of ether oxygens (including phenoxy) is 1. The first kappa shape index (κ1) is 16.8. The van der Waals surface area contributed by atoms with Crippen LogP contribution in [-0.2, 0) is 16.1 Å². The number of nitrogens with zero attached hydrogens (tertiary/aromatic N) is 1. The molecular weight excluding hydrogens is 318 g/mol. The first-order valence-electron chi connectivity index (χ1n) is 7.96. The monoisotopic (exact) mass is 337 g/mol. The number of hydrogen-bond donors (Lipinski definition) is 1. The number of amides is 1. The topological polar surface area (TPSA) is 66.8 Å². The van der Waals surface area contributed by atoms with E-state index in [0.717, 1.165) is 11.1 Å². The van der Waals surface area contributed by atoms with Gasteiger partial charge in [-0.05, 0) is 30.2 Å². The van der Waals surface area contributed by atoms with Crippen LogP contribution in [0.3, 0.4) is 0 Å². The lowest BCUT2D eigenvalue weighted by Crippen LogP contribution is -2.30. The number of ketones is 1. The average Bonchev–Trinajstić information content (AvgIpc) is 2.88. The van der Waals surface area contributed by atoms with E-state index in [4.69, 9.17) is 4.74 Å². The van der Waals surface area contributed by atoms with Gasteiger partial charge < -0.3 is 14.7 Å². The smallest absolute Gasteiger partial charge is 0.290 e. The molecule has 3 rings (SSSR count). The van der Waals surface area contributed by atoms with Crippen molar-refractivity contribution in [2.45, 2.75) is 19.5 Å². The largest absolute Gasteiger partial charge is 0.503 e. The maximum absolute atomic E-state index is 12.6. The summed E-state index contributed by atoms with van der Waals surface area (Å²) in [6.07, 6.45) is 0. The number of benzene rings is 2. The van der Waals surface area contributed by atoms with Crippen LogP contribution in [0.2, 0.25) is 0 Å². The maximum Gasteiger partial charge on any atom is 0.290 e. The molecular formula is C20H19NO4. The van der Waals surface area contributed by atoms with Crippen molar-refractivity contribution in [2.24, 2.45) is 0 Å². The molecule has 0 fully saturated rings. The van der Waals surface area contributed by atoms with E-state index in [1.54, 1.807) is 31.4 Å². The number of hydrogen-bond acceptors (Lipinski definition) is 4. The average molecular weight is 337 g/mol. The van der Waals surface area contributed by atoms with Crippen LogP contribution in [0, 0.1) is 0 Å². The van der Waals surface area contributed by atoms with E-state index in [-0.39, 0.29) is 11.4 Å². The number of aliphatic hydroxyl groups excluding tert-OH is 1. The summed E-state index contributed by atoms with van der Waals surface area (Å²) in [4.78, 5) is 26.2. The fourth-order valence-electron chi connectivity index (χ4n) is 3.09. The molecule has 0 aliphatic carbocycles. The van der Waals surface area contributed by atoms with Gasteiger partial charge in [0.2, 0.25) is 0 Å². The third-order valence-corrected chi connectivity index (χ3v) is 4.31. The van der Waals surface area contributed by atoms with Crippen LogP contribution < -0.4 is 4.74 Å². The van der Waals surface area contributed by atoms with E-state index in [0.29, 0.717) is 12.3 Å². The Kier molecular flexibility index (Phi) is 4.57. The van der Waals surface area contributed by atoms with Gasteiger partial charge in [0, 0.05) is 6.54 Å². The molecule has 1 atom stereocenters. The van der Waals surface area contributed by atoms with Gasteiger partial charge in [-0.1, -0.05) is 42.5 Å². The minimum atomic E-state index is -0.615. The van der Waals surface area contributed by atoms with Crippen molar-refractivity contribution in [3.8, 4) is 5.75 Å². The van der Waals surface area contributed by atoms with Crippen molar-refractivity contribution >= 4 is 11.7 Å². The fraction of sp³-hybridized carbons (Fsp3) is 0.200. The van der Waals surface area contributed by atoms with Crippen molar-refractivity contribution in [3.05, 3.63) is 77.1 Å². The van der Waals surface area contributed by atoms with Gasteiger partial charge >= 0.3 is 0 Å². The van der Waals surface area contributed by atoms with Crippen LogP contribution in [-0.4, -0.2) is 28.8 Å². The molecule has 128 valence electrons. The molecule has 25 heavy (non-hydrogen) atoms. The SMILES string of the molecule is COc1ccc([C@@H]2C(C(C)=O)=C(O)C(=O)N2Cc2ccccc2)cc1. The third-order valence-electron chi connectivity index (χ3n) is 4.31. The molecule has 0 spiro atoms. The summed E-state index contributed by atoms with van der Waals surface area (Å²) in [5.41, 5.74) is 1.80. The van der Waals surface area contributed by atoms with E-state index >= 15 is 0 Å². The van der Waals surface area contributed by atoms with E-state index in [9.17, 15) is 14.7 Å². The second-order valence-corrected chi connectivity index (χ2v) is 5.91. The van der Waals surface area contributed by atoms with Gasteiger partial charge in [-0.25, -0.2) is 0 Å². The summed E-state index contributed by atoms with van der Waals surface area (Å²) in [6, 6.07) is 16.0. The molecule has 1 N–H and O–H groups in total. The van der Waals surface area contributed by atoms with E-state index in [1.807, 2.05) is 30.3 Å². The second kappa shape index (κ2) is 6.81. The highest BCUT2D eigenvalue weighted by molar-refractivity contribution is 6.08. The molecule has 1 heterocycles. The zero-order chi connectivity index (χ0) is 18.0. The molecule has 0 radical (unpaired) electrons. The first-order valence-corrected chi connectivity index (χ1v) is 7.96. The standard InChI is InChI=1S/C20H19NO4/c1-13(22)17-18(15-8-10-16(25-2)11-9-15)21(20(24)19(17)23)12-14-6-4-3-5-7-14/h3-11,18,23H,12H2,1-2H3/t18-/m1/s1. The van der Waals surface area contributed by atoms with Gasteiger partial charge in [-0.3, -0.25) is 9.59 Å². The summed E-state index contributed by atoms with van der Waals surface area (Å²) in [7, 11) is 1.57. The zero-order valence-corrected chi connectivity index (χ0v) is 14.1. The van der Waals surface area contributed by atoms with Crippen molar-refractivity contribution in [1.82, 2.24) is 4.90 Å². The Balaban J connectivity index is 2.03. The Morgan fingerprint density at radius 2 is 1.76 bits per heavy atom. The van der Waals surface area contributed by atoms with Gasteiger partial charge in [0.1, 0.15) is 5.75 Å². The van der Waals surface area contributed by atoms with Gasteiger partial charge in [0.15, 0.2) is 11.5 Å². The maximum atomic E-state index is 12.6. The quantitative estimate of drug-likeness (QED) is 0.910. The minimum Gasteiger partial charge on any atom is -0.503 e. The molecule has 5 heteroatoms. The van der Waals surface area contributed by atoms with Gasteiger partial charge in [-0.2, -0.15) is 0 Å². The van der Waals surface area contributed by atoms with Crippen molar-refractivity contribution in [3.63, 3.8) is 0 Å². The van der Waals surface area contributed by atoms with Crippen LogP contribution >= 0.6 is 0 Å². The minimum absolute atomic E-state index is 0.131. The molecule has 0 saturated heterocycles. The van der Waals surface area contributed by atoms with Crippen LogP contribution in [0.1, 0.15) is 24.1 Å². The van der Waals surface area contributed by atoms with Crippen LogP contribution in [0.15, 0.2) is 65.9 Å². The van der Waals surface area contributed by atoms with Crippen LogP contribution in [0.25, 0.3) is 0 Å². The summed E-state index contributed by atoms with van der Waals surface area (Å²) < 4.78 is 5.16. The predicted octanol–water partition coefficient (Wildman–Crippen LogP) is 3.18. The molecule has 2 aromatic carbocycles. The van der Waals surface area contributed by atoms with Gasteiger partial charge in [-0.15, -0.1) is 0 Å². The lowest BCUT2D eigenvalue weighted by atomic mass is 9.96. The van der Waals surface area contributed by atoms with E-state index in [2.05, 4.69) is 0 Å². The van der Waals surface area contributed by atoms with Crippen molar-refractivity contribution in [1.29, 1.82) is 0 Å². The number of Topliss-reactive ketones (excluding diaryl/α,β-unsaturated/α-hetero) is 1. The molecule has 0 saturated carbocycles. The number of carbonyl (C=O) groups excluding carboxylic acids is 2. The Morgan fingerprint density at radius 1 is 1.12 bits per heavy atom. The van der Waals surface area contributed by atoms with Gasteiger partial charge in [0.05, 0.1) is 18.7 Å². The van der Waals surface area contributed by atoms with Gasteiger partial charge in [0.25, 0.3) is 5.91 Å². The number of carbonyl (C=O) groups is 2. The predicted molar refractivity (Wildman–Crippen MR) is 93.1 cm³/mol. The highest BCUT2D eigenvalue weighted by Gasteiger charge is 2.42. The number of rotatable bonds is 5. The highest BCUT2D eigenvalue weighted by Crippen LogP contribution is 2.39. The molecule has 2 aromatic rings. The Bertz CT molecular complexity index is 825. The Labute approximate surface area is 146 Å². The fourth-order valence-corrected chi connectivity index (χ4v) is 3.09. The molecule has 0 aromatic heterocycles. The van der Waals surface area contributed by atoms with Crippen molar-refractivity contribution in [2.75, 3.05) is 7.11 Å². The molecule has 1 aliphatic rings. The Hall–Kier alpha value is -3.08. The lowest BCUT2D eigenvalue weighted by molar-refractivity contribution is -0.130. The zero-order valence-electron chi connectivity index (χ0n) is 14.1. The van der Waals surface area contributed by atoms with Crippen LogP contribution in [0.5, 0.6) is 5.75 Å². The molecule has 5 nitrogen and oxygen atoms in total. The summed E-state index contributed by atoms with van der Waals surface area (Å²) in [5, 5.41) is 10.3. The number of methoxy groups -OCH3 is 1. The normalized spacial score (nSPS) is 17.1. The number of aliphatic hydroxyl groups is 1. The molecule has 0 bridgehead atoms. The second-order valence-electron chi connectivity index (χ2n) is 5.91. The molecule has 0 unspecified atom stereocenters. The Morgan fingerprint density at radius 3 is 2.32 bits per heavy atom. The van der Waals surface area contributed by atoms with E-state index in [1.165, 1.54) is 11.8 Å². The molecule has 1 amide bonds. The summed E-state index contributed by atoms with van der Waals surface area (Å²) in [6.45, 7) is 1.67. The summed E-state index contributed by atoms with van der Waals surface area (Å²) in [5.74, 6) is -0.637. The lowest BCUT2D eigenvalue weighted by Gasteiger charge is -2.26. The van der Waals surface area contributed by atoms with E-state index < -0.39 is 17.7 Å². The first-order chi connectivity index (χ1) is 12.0. The highest BCUT2D eigenvalue weighted by atomic mass is 16.5. The third kappa shape index (κ3) is 3.13. The van der Waals surface area contributed by atoms with Crippen LogP contribution in [0.4, 0.5) is 0 Å². The summed E-state index contributed by atoms with van der Waals surface area (Å²) >= 11 is 0. The van der Waals surface area contributed by atoms with Crippen molar-refractivity contribution < 1.29 is 19.4 Å².